The molecule has 0 amide bonds. The van der Waals surface area contributed by atoms with Gasteiger partial charge in [-0.3, -0.25) is 4.90 Å². The molecule has 7 heteroatoms. The molecule has 3 aliphatic rings. The summed E-state index contributed by atoms with van der Waals surface area (Å²) in [4.78, 5) is 2.33. The second-order valence-electron chi connectivity index (χ2n) is 7.65. The number of rotatable bonds is 5. The van der Waals surface area contributed by atoms with E-state index in [1.54, 1.807) is 0 Å². The lowest BCUT2D eigenvalue weighted by Crippen LogP contribution is -2.39. The maximum atomic E-state index is 13.2. The first-order valence-electron chi connectivity index (χ1n) is 9.47. The fourth-order valence-electron chi connectivity index (χ4n) is 3.72. The first-order valence-corrected chi connectivity index (χ1v) is 9.88. The molecule has 2 saturated carbocycles. The Labute approximate surface area is 157 Å². The highest BCUT2D eigenvalue weighted by molar-refractivity contribution is 7.71. The van der Waals surface area contributed by atoms with Crippen LogP contribution in [0, 0.1) is 10.6 Å². The van der Waals surface area contributed by atoms with Gasteiger partial charge >= 0.3 is 0 Å². The number of nitrogens with zero attached hydrogens (tertiary/aromatic N) is 4. The van der Waals surface area contributed by atoms with Crippen molar-refractivity contribution in [2.75, 3.05) is 19.7 Å². The maximum absolute atomic E-state index is 13.2. The Morgan fingerprint density at radius 2 is 1.92 bits per heavy atom. The minimum atomic E-state index is -0.217. The Hall–Kier alpha value is -1.57. The normalized spacial score (nSPS) is 24.1. The van der Waals surface area contributed by atoms with E-state index < -0.39 is 0 Å². The fourth-order valence-corrected chi connectivity index (χ4v) is 4.07. The van der Waals surface area contributed by atoms with Crippen LogP contribution in [0.25, 0.3) is 0 Å². The molecular formula is C19H23FN4OS. The minimum Gasteiger partial charge on any atom is -0.371 e. The van der Waals surface area contributed by atoms with Crippen molar-refractivity contribution in [2.45, 2.75) is 50.4 Å². The summed E-state index contributed by atoms with van der Waals surface area (Å²) in [5, 5.41) is 4.88. The van der Waals surface area contributed by atoms with Crippen molar-refractivity contribution in [2.24, 2.45) is 0 Å². The second-order valence-corrected chi connectivity index (χ2v) is 8.01. The van der Waals surface area contributed by atoms with Gasteiger partial charge in [0.05, 0.1) is 19.4 Å². The molecule has 0 radical (unpaired) electrons. The van der Waals surface area contributed by atoms with Crippen molar-refractivity contribution in [3.8, 4) is 0 Å². The molecule has 0 spiro atoms. The molecule has 0 N–H and O–H groups in total. The van der Waals surface area contributed by atoms with Gasteiger partial charge in [0.15, 0.2) is 4.77 Å². The van der Waals surface area contributed by atoms with Crippen molar-refractivity contribution in [1.29, 1.82) is 0 Å². The number of halogens is 1. The van der Waals surface area contributed by atoms with Gasteiger partial charge in [-0.2, -0.15) is 5.10 Å². The van der Waals surface area contributed by atoms with Gasteiger partial charge in [-0.15, -0.1) is 0 Å². The highest BCUT2D eigenvalue weighted by Gasteiger charge is 2.36. The average molecular weight is 374 g/mol. The monoisotopic (exact) mass is 374 g/mol. The fraction of sp³-hybridized carbons (Fsp3) is 0.579. The van der Waals surface area contributed by atoms with Crippen molar-refractivity contribution >= 4 is 12.2 Å². The van der Waals surface area contributed by atoms with Gasteiger partial charge in [0, 0.05) is 25.0 Å². The van der Waals surface area contributed by atoms with Crippen LogP contribution in [0.5, 0.6) is 0 Å². The number of hydrogen-bond acceptors (Lipinski definition) is 4. The van der Waals surface area contributed by atoms with Crippen molar-refractivity contribution < 1.29 is 9.13 Å². The van der Waals surface area contributed by atoms with E-state index in [0.717, 1.165) is 23.4 Å². The first kappa shape index (κ1) is 16.6. The van der Waals surface area contributed by atoms with Gasteiger partial charge < -0.3 is 9.30 Å². The molecular weight excluding hydrogens is 351 g/mol. The molecule has 1 atom stereocenters. The third-order valence-electron chi connectivity index (χ3n) is 5.48. The molecule has 3 fully saturated rings. The lowest BCUT2D eigenvalue weighted by Gasteiger charge is -2.32. The lowest BCUT2D eigenvalue weighted by atomic mass is 10.1. The average Bonchev–Trinajstić information content (AvgIpc) is 3.55. The van der Waals surface area contributed by atoms with Crippen LogP contribution in [-0.4, -0.2) is 38.9 Å². The standard InChI is InChI=1S/C19H23FN4OS/c20-15-5-3-13(4-6-15)17-11-22(9-10-25-17)12-23-19(26)24(16-7-8-16)18(21-23)14-1-2-14/h3-6,14,16-17H,1-2,7-12H2. The Balaban J connectivity index is 1.34. The molecule has 5 nitrogen and oxygen atoms in total. The Bertz CT molecular complexity index is 853. The summed E-state index contributed by atoms with van der Waals surface area (Å²) in [5.41, 5.74) is 1.02. The first-order chi connectivity index (χ1) is 12.7. The summed E-state index contributed by atoms with van der Waals surface area (Å²) in [5.74, 6) is 1.59. The van der Waals surface area contributed by atoms with Gasteiger partial charge in [-0.1, -0.05) is 12.1 Å². The van der Waals surface area contributed by atoms with Crippen LogP contribution in [0.3, 0.4) is 0 Å². The van der Waals surface area contributed by atoms with Gasteiger partial charge in [-0.05, 0) is 55.6 Å². The number of aromatic nitrogens is 3. The number of morpholine rings is 1. The number of benzene rings is 1. The predicted octanol–water partition coefficient (Wildman–Crippen LogP) is 3.80. The molecule has 26 heavy (non-hydrogen) atoms. The zero-order valence-corrected chi connectivity index (χ0v) is 15.5. The molecule has 1 aromatic carbocycles. The SMILES string of the molecule is Fc1ccc(C2CN(Cn3nc(C4CC4)n(C4CC4)c3=S)CCO2)cc1. The van der Waals surface area contributed by atoms with Crippen molar-refractivity contribution in [1.82, 2.24) is 19.2 Å². The zero-order chi connectivity index (χ0) is 17.7. The summed E-state index contributed by atoms with van der Waals surface area (Å²) < 4.78 is 24.2. The molecule has 0 bridgehead atoms. The lowest BCUT2D eigenvalue weighted by molar-refractivity contribution is -0.0419. The molecule has 1 unspecified atom stereocenters. The van der Waals surface area contributed by atoms with E-state index in [1.165, 1.54) is 43.6 Å². The highest BCUT2D eigenvalue weighted by Crippen LogP contribution is 2.44. The van der Waals surface area contributed by atoms with Crippen LogP contribution < -0.4 is 0 Å². The van der Waals surface area contributed by atoms with E-state index in [2.05, 4.69) is 9.47 Å². The van der Waals surface area contributed by atoms with Crippen LogP contribution in [0.15, 0.2) is 24.3 Å². The van der Waals surface area contributed by atoms with E-state index in [1.807, 2.05) is 16.8 Å². The third-order valence-corrected chi connectivity index (χ3v) is 5.89. The molecule has 2 aliphatic carbocycles. The second kappa shape index (κ2) is 6.55. The van der Waals surface area contributed by atoms with E-state index >= 15 is 0 Å². The molecule has 5 rings (SSSR count). The van der Waals surface area contributed by atoms with Crippen LogP contribution in [-0.2, 0) is 11.4 Å². The van der Waals surface area contributed by atoms with E-state index in [9.17, 15) is 4.39 Å². The maximum Gasteiger partial charge on any atom is 0.199 e. The summed E-state index contributed by atoms with van der Waals surface area (Å²) in [7, 11) is 0. The summed E-state index contributed by atoms with van der Waals surface area (Å²) >= 11 is 5.75. The molecule has 2 aromatic rings. The third kappa shape index (κ3) is 3.23. The topological polar surface area (TPSA) is 35.2 Å². The summed E-state index contributed by atoms with van der Waals surface area (Å²) in [6.07, 6.45) is 4.89. The molecule has 138 valence electrons. The smallest absolute Gasteiger partial charge is 0.199 e. The van der Waals surface area contributed by atoms with Crippen LogP contribution in [0.2, 0.25) is 0 Å². The van der Waals surface area contributed by atoms with Gasteiger partial charge in [0.1, 0.15) is 11.6 Å². The van der Waals surface area contributed by atoms with E-state index in [-0.39, 0.29) is 11.9 Å². The zero-order valence-electron chi connectivity index (χ0n) is 14.7. The number of hydrogen-bond donors (Lipinski definition) is 0. The quantitative estimate of drug-likeness (QED) is 0.746. The Kier molecular flexibility index (Phi) is 4.18. The van der Waals surface area contributed by atoms with Gasteiger partial charge in [0.2, 0.25) is 0 Å². The van der Waals surface area contributed by atoms with Gasteiger partial charge in [0.25, 0.3) is 0 Å². The molecule has 2 heterocycles. The predicted molar refractivity (Wildman–Crippen MR) is 98.0 cm³/mol. The van der Waals surface area contributed by atoms with E-state index in [4.69, 9.17) is 22.1 Å². The number of ether oxygens (including phenoxy) is 1. The van der Waals surface area contributed by atoms with Crippen LogP contribution in [0.1, 0.15) is 55.1 Å². The largest absolute Gasteiger partial charge is 0.371 e. The Morgan fingerprint density at radius 1 is 1.15 bits per heavy atom. The summed E-state index contributed by atoms with van der Waals surface area (Å²) in [6, 6.07) is 7.17. The van der Waals surface area contributed by atoms with E-state index in [0.29, 0.717) is 25.2 Å². The molecule has 1 saturated heterocycles. The van der Waals surface area contributed by atoms with Gasteiger partial charge in [-0.25, -0.2) is 9.07 Å². The molecule has 1 aliphatic heterocycles. The van der Waals surface area contributed by atoms with Crippen LogP contribution in [0.4, 0.5) is 4.39 Å². The van der Waals surface area contributed by atoms with Crippen molar-refractivity contribution in [3.63, 3.8) is 0 Å². The highest BCUT2D eigenvalue weighted by atomic mass is 32.1. The Morgan fingerprint density at radius 3 is 2.62 bits per heavy atom. The summed E-state index contributed by atoms with van der Waals surface area (Å²) in [6.45, 7) is 2.98. The van der Waals surface area contributed by atoms with Crippen molar-refractivity contribution in [3.05, 3.63) is 46.2 Å². The van der Waals surface area contributed by atoms with Crippen LogP contribution >= 0.6 is 12.2 Å². The minimum absolute atomic E-state index is 0.0352. The molecule has 1 aromatic heterocycles.